The van der Waals surface area contributed by atoms with Gasteiger partial charge in [0.05, 0.1) is 4.90 Å². The summed E-state index contributed by atoms with van der Waals surface area (Å²) in [5, 5.41) is 0.273. The molecule has 170 valence electrons. The van der Waals surface area contributed by atoms with Crippen molar-refractivity contribution in [1.29, 1.82) is 0 Å². The van der Waals surface area contributed by atoms with Crippen molar-refractivity contribution in [2.24, 2.45) is 0 Å². The molecular weight excluding hydrogens is 466 g/mol. The second-order valence-electron chi connectivity index (χ2n) is 7.30. The monoisotopic (exact) mass is 485 g/mol. The van der Waals surface area contributed by atoms with E-state index in [0.717, 1.165) is 0 Å². The summed E-state index contributed by atoms with van der Waals surface area (Å²) in [5.74, 6) is -0.193. The normalized spacial score (nSPS) is 11.9. The SMILES string of the molecule is Cc1ccccc1S(=O)(=O)Nc1cc2cccc(OS(=O)(=O)c3ccccc3C)c2oc1=O. The molecule has 0 fully saturated rings. The van der Waals surface area contributed by atoms with E-state index in [0.29, 0.717) is 11.1 Å². The van der Waals surface area contributed by atoms with Gasteiger partial charge in [-0.15, -0.1) is 0 Å². The van der Waals surface area contributed by atoms with Gasteiger partial charge in [-0.25, -0.2) is 13.2 Å². The molecule has 4 rings (SSSR count). The van der Waals surface area contributed by atoms with Gasteiger partial charge in [0.2, 0.25) is 0 Å². The Hall–Kier alpha value is -3.63. The first-order valence-electron chi connectivity index (χ1n) is 9.74. The fourth-order valence-electron chi connectivity index (χ4n) is 3.31. The lowest BCUT2D eigenvalue weighted by Crippen LogP contribution is -2.19. The number of sulfonamides is 1. The fourth-order valence-corrected chi connectivity index (χ4v) is 5.77. The third kappa shape index (κ3) is 4.48. The quantitative estimate of drug-likeness (QED) is 0.324. The van der Waals surface area contributed by atoms with E-state index < -0.39 is 25.8 Å². The predicted octanol–water partition coefficient (Wildman–Crippen LogP) is 3.98. The summed E-state index contributed by atoms with van der Waals surface area (Å²) in [6.45, 7) is 3.27. The Morgan fingerprint density at radius 3 is 2.03 bits per heavy atom. The minimum Gasteiger partial charge on any atom is -0.417 e. The van der Waals surface area contributed by atoms with Crippen LogP contribution < -0.4 is 14.5 Å². The molecule has 4 aromatic rings. The van der Waals surface area contributed by atoms with Crippen LogP contribution in [0.2, 0.25) is 0 Å². The van der Waals surface area contributed by atoms with E-state index in [2.05, 4.69) is 4.72 Å². The lowest BCUT2D eigenvalue weighted by atomic mass is 10.2. The second-order valence-corrected chi connectivity index (χ2v) is 10.5. The molecule has 1 N–H and O–H groups in total. The van der Waals surface area contributed by atoms with Crippen LogP contribution in [-0.2, 0) is 20.1 Å². The average molecular weight is 486 g/mol. The van der Waals surface area contributed by atoms with Crippen LogP contribution in [0.15, 0.2) is 91.8 Å². The smallest absolute Gasteiger partial charge is 0.360 e. The molecule has 0 aliphatic heterocycles. The van der Waals surface area contributed by atoms with Crippen molar-refractivity contribution in [3.63, 3.8) is 0 Å². The Balaban J connectivity index is 1.74. The Bertz CT molecular complexity index is 1640. The van der Waals surface area contributed by atoms with Gasteiger partial charge in [0.15, 0.2) is 11.3 Å². The van der Waals surface area contributed by atoms with Crippen LogP contribution in [0, 0.1) is 13.8 Å². The van der Waals surface area contributed by atoms with Gasteiger partial charge in [-0.3, -0.25) is 4.72 Å². The van der Waals surface area contributed by atoms with E-state index in [1.807, 2.05) is 0 Å². The van der Waals surface area contributed by atoms with E-state index in [1.165, 1.54) is 36.4 Å². The predicted molar refractivity (Wildman–Crippen MR) is 123 cm³/mol. The van der Waals surface area contributed by atoms with Gasteiger partial charge >= 0.3 is 15.7 Å². The first-order valence-corrected chi connectivity index (χ1v) is 12.6. The van der Waals surface area contributed by atoms with Crippen molar-refractivity contribution in [3.05, 3.63) is 94.3 Å². The highest BCUT2D eigenvalue weighted by atomic mass is 32.2. The summed E-state index contributed by atoms with van der Waals surface area (Å²) in [6, 6.07) is 18.3. The molecule has 0 aliphatic carbocycles. The van der Waals surface area contributed by atoms with Crippen molar-refractivity contribution >= 4 is 36.8 Å². The first kappa shape index (κ1) is 22.6. The molecule has 0 amide bonds. The van der Waals surface area contributed by atoms with Crippen LogP contribution in [0.5, 0.6) is 5.75 Å². The molecule has 0 aliphatic rings. The molecule has 0 unspecified atom stereocenters. The molecule has 0 saturated heterocycles. The standard InChI is InChI=1S/C23H19NO7S2/c1-15-8-3-5-12-20(15)32(26,27)24-18-14-17-10-7-11-19(22(17)30-23(18)25)31-33(28,29)21-13-6-4-9-16(21)2/h3-14,24H,1-2H3. The lowest BCUT2D eigenvalue weighted by molar-refractivity contribution is 0.475. The van der Waals surface area contributed by atoms with Gasteiger partial charge in [0, 0.05) is 5.39 Å². The Kier molecular flexibility index (Phi) is 5.73. The summed E-state index contributed by atoms with van der Waals surface area (Å²) in [4.78, 5) is 12.6. The zero-order valence-corrected chi connectivity index (χ0v) is 19.2. The molecule has 8 nitrogen and oxygen atoms in total. The number of hydrogen-bond acceptors (Lipinski definition) is 7. The Morgan fingerprint density at radius 1 is 0.788 bits per heavy atom. The molecular formula is C23H19NO7S2. The highest BCUT2D eigenvalue weighted by Crippen LogP contribution is 2.30. The average Bonchev–Trinajstić information content (AvgIpc) is 2.75. The van der Waals surface area contributed by atoms with Gasteiger partial charge in [0.25, 0.3) is 10.0 Å². The molecule has 0 saturated carbocycles. The van der Waals surface area contributed by atoms with Gasteiger partial charge < -0.3 is 8.60 Å². The van der Waals surface area contributed by atoms with Crippen LogP contribution in [0.1, 0.15) is 11.1 Å². The Morgan fingerprint density at radius 2 is 1.39 bits per heavy atom. The summed E-state index contributed by atoms with van der Waals surface area (Å²) in [5.41, 5.74) is -0.438. The summed E-state index contributed by atoms with van der Waals surface area (Å²) >= 11 is 0. The number of anilines is 1. The molecule has 10 heteroatoms. The first-order chi connectivity index (χ1) is 15.6. The minimum absolute atomic E-state index is 0.0194. The number of benzene rings is 3. The molecule has 1 heterocycles. The maximum absolute atomic E-state index is 12.8. The summed E-state index contributed by atoms with van der Waals surface area (Å²) < 4.78 is 63.8. The van der Waals surface area contributed by atoms with Crippen molar-refractivity contribution in [2.45, 2.75) is 23.6 Å². The third-order valence-electron chi connectivity index (χ3n) is 4.91. The van der Waals surface area contributed by atoms with E-state index in [9.17, 15) is 21.6 Å². The van der Waals surface area contributed by atoms with E-state index >= 15 is 0 Å². The van der Waals surface area contributed by atoms with Crippen LogP contribution in [0.4, 0.5) is 5.69 Å². The number of rotatable bonds is 6. The van der Waals surface area contributed by atoms with Crippen LogP contribution in [0.25, 0.3) is 11.0 Å². The maximum atomic E-state index is 12.8. The minimum atomic E-state index is -4.20. The molecule has 0 radical (unpaired) electrons. The van der Waals surface area contributed by atoms with Gasteiger partial charge in [-0.1, -0.05) is 48.5 Å². The number of fused-ring (bicyclic) bond motifs is 1. The number of aryl methyl sites for hydroxylation is 2. The topological polar surface area (TPSA) is 120 Å². The maximum Gasteiger partial charge on any atom is 0.360 e. The third-order valence-corrected chi connectivity index (χ3v) is 7.84. The summed E-state index contributed by atoms with van der Waals surface area (Å²) in [7, 11) is -8.25. The largest absolute Gasteiger partial charge is 0.417 e. The van der Waals surface area contributed by atoms with E-state index in [4.69, 9.17) is 8.60 Å². The Labute approximate surface area is 190 Å². The highest BCUT2D eigenvalue weighted by molar-refractivity contribution is 7.92. The van der Waals surface area contributed by atoms with Crippen molar-refractivity contribution in [3.8, 4) is 5.75 Å². The van der Waals surface area contributed by atoms with Gasteiger partial charge in [0.1, 0.15) is 10.6 Å². The molecule has 0 atom stereocenters. The van der Waals surface area contributed by atoms with Gasteiger partial charge in [-0.05, 0) is 49.2 Å². The molecule has 33 heavy (non-hydrogen) atoms. The van der Waals surface area contributed by atoms with Crippen molar-refractivity contribution < 1.29 is 25.4 Å². The van der Waals surface area contributed by atoms with E-state index in [1.54, 1.807) is 50.2 Å². The van der Waals surface area contributed by atoms with Gasteiger partial charge in [-0.2, -0.15) is 8.42 Å². The molecule has 0 bridgehead atoms. The number of nitrogens with one attached hydrogen (secondary N) is 1. The van der Waals surface area contributed by atoms with Crippen LogP contribution in [0.3, 0.4) is 0 Å². The fraction of sp³-hybridized carbons (Fsp3) is 0.0870. The summed E-state index contributed by atoms with van der Waals surface area (Å²) in [6.07, 6.45) is 0. The lowest BCUT2D eigenvalue weighted by Gasteiger charge is -2.12. The molecule has 3 aromatic carbocycles. The number of para-hydroxylation sites is 1. The molecule has 0 spiro atoms. The van der Waals surface area contributed by atoms with E-state index in [-0.39, 0.29) is 32.2 Å². The van der Waals surface area contributed by atoms with Crippen molar-refractivity contribution in [1.82, 2.24) is 0 Å². The number of hydrogen-bond donors (Lipinski definition) is 1. The molecule has 1 aromatic heterocycles. The van der Waals surface area contributed by atoms with Crippen molar-refractivity contribution in [2.75, 3.05) is 4.72 Å². The second kappa shape index (κ2) is 8.38. The van der Waals surface area contributed by atoms with Crippen LogP contribution >= 0.6 is 0 Å². The zero-order chi connectivity index (χ0) is 23.8. The van der Waals surface area contributed by atoms with Crippen LogP contribution in [-0.4, -0.2) is 16.8 Å². The highest BCUT2D eigenvalue weighted by Gasteiger charge is 2.23. The zero-order valence-electron chi connectivity index (χ0n) is 17.6.